The fraction of sp³-hybridized carbons (Fsp3) is 0.700. The van der Waals surface area contributed by atoms with Crippen molar-refractivity contribution in [1.82, 2.24) is 0 Å². The molecule has 0 aliphatic carbocycles. The first-order valence-corrected chi connectivity index (χ1v) is 7.01. The number of rotatable bonds is 8. The molecule has 0 aromatic heterocycles. The van der Waals surface area contributed by atoms with E-state index in [4.69, 9.17) is 18.0 Å². The molecule has 0 saturated carbocycles. The van der Waals surface area contributed by atoms with Gasteiger partial charge >= 0.3 is 14.8 Å². The molecule has 0 atom stereocenters. The van der Waals surface area contributed by atoms with Crippen LogP contribution in [0.15, 0.2) is 12.2 Å². The van der Waals surface area contributed by atoms with Crippen LogP contribution in [0.2, 0.25) is 6.04 Å². The Balaban J connectivity index is 0. The third kappa shape index (κ3) is 6.74. The average molecular weight is 280 g/mol. The summed E-state index contributed by atoms with van der Waals surface area (Å²) in [5.41, 5.74) is 0.334. The highest BCUT2D eigenvalue weighted by Crippen LogP contribution is 2.15. The molecule has 0 N–H and O–H groups in total. The van der Waals surface area contributed by atoms with Crippen molar-refractivity contribution in [3.8, 4) is 0 Å². The van der Waals surface area contributed by atoms with Crippen LogP contribution in [0, 0.1) is 0 Å². The molecule has 7 heteroatoms. The molecule has 0 amide bonds. The largest absolute Gasteiger partial charge is 0.502 e. The van der Waals surface area contributed by atoms with Crippen LogP contribution >= 0.6 is 0 Å². The maximum atomic E-state index is 11.1. The van der Waals surface area contributed by atoms with Crippen LogP contribution < -0.4 is 0 Å². The average Bonchev–Trinajstić information content (AvgIpc) is 2.27. The lowest BCUT2D eigenvalue weighted by atomic mass is 10.4. The summed E-state index contributed by atoms with van der Waals surface area (Å²) in [6.07, 6.45) is 0.877. The Morgan fingerprint density at radius 1 is 1.29 bits per heavy atom. The van der Waals surface area contributed by atoms with Gasteiger partial charge in [0.15, 0.2) is 6.79 Å². The minimum atomic E-state index is -2.65. The summed E-state index contributed by atoms with van der Waals surface area (Å²) in [5.74, 6) is -0.480. The van der Waals surface area contributed by atoms with E-state index in [-0.39, 0.29) is 17.8 Å². The van der Waals surface area contributed by atoms with E-state index in [0.717, 1.165) is 6.42 Å². The van der Waals surface area contributed by atoms with E-state index >= 15 is 0 Å². The number of esters is 1. The van der Waals surface area contributed by atoms with Crippen LogP contribution in [0.3, 0.4) is 0 Å². The molecule has 0 aliphatic rings. The normalized spacial score (nSPS) is 10.6. The second kappa shape index (κ2) is 9.54. The van der Waals surface area contributed by atoms with E-state index in [0.29, 0.717) is 11.6 Å². The molecule has 0 aromatic carbocycles. The van der Waals surface area contributed by atoms with E-state index in [9.17, 15) is 4.79 Å². The fourth-order valence-electron chi connectivity index (χ4n) is 1.08. The second-order valence-corrected chi connectivity index (χ2v) is 6.29. The van der Waals surface area contributed by atoms with Crippen LogP contribution in [0.1, 0.15) is 20.3 Å². The highest BCUT2D eigenvalue weighted by Gasteiger charge is 2.38. The highest BCUT2D eigenvalue weighted by atomic mass is 28.4. The summed E-state index contributed by atoms with van der Waals surface area (Å²) in [5, 5.41) is 0. The number of hydrogen-bond donors (Lipinski definition) is 0. The van der Waals surface area contributed by atoms with Gasteiger partial charge in [0, 0.05) is 25.8 Å². The van der Waals surface area contributed by atoms with Crippen molar-refractivity contribution in [3.05, 3.63) is 12.2 Å². The summed E-state index contributed by atoms with van der Waals surface area (Å²) in [7, 11) is 0.415. The molecule has 0 rings (SSSR count). The number of carbonyl (C=O) groups excluding carboxylic acids is 1. The van der Waals surface area contributed by atoms with Gasteiger partial charge in [-0.05, 0) is 17.9 Å². The Labute approximate surface area is 108 Å². The van der Waals surface area contributed by atoms with Crippen LogP contribution in [-0.4, -0.2) is 46.8 Å². The third-order valence-electron chi connectivity index (χ3n) is 2.00. The van der Waals surface area contributed by atoms with Gasteiger partial charge in [0.25, 0.3) is 0 Å². The summed E-state index contributed by atoms with van der Waals surface area (Å²) in [6.45, 7) is 6.88. The molecule has 0 aromatic rings. The summed E-state index contributed by atoms with van der Waals surface area (Å²) in [4.78, 5) is 11.1. The van der Waals surface area contributed by atoms with Gasteiger partial charge in [0.2, 0.25) is 0 Å². The second-order valence-electron chi connectivity index (χ2n) is 3.32. The highest BCUT2D eigenvalue weighted by molar-refractivity contribution is 6.60. The molecule has 0 unspecified atom stereocenters. The van der Waals surface area contributed by atoms with Gasteiger partial charge in [-0.2, -0.15) is 0 Å². The zero-order chi connectivity index (χ0) is 12.6. The lowest BCUT2D eigenvalue weighted by Gasteiger charge is -2.25. The molecule has 0 saturated heterocycles. The number of carbonyl (C=O) groups is 1. The summed E-state index contributed by atoms with van der Waals surface area (Å²) >= 11 is 0. The first kappa shape index (κ1) is 18.9. The van der Waals surface area contributed by atoms with Crippen molar-refractivity contribution in [2.75, 3.05) is 21.0 Å². The zero-order valence-electron chi connectivity index (χ0n) is 10.4. The molecule has 0 fully saturated rings. The number of hydrogen-bond acceptors (Lipinski definition) is 5. The Morgan fingerprint density at radius 3 is 2.18 bits per heavy atom. The minimum Gasteiger partial charge on any atom is -0.436 e. The van der Waals surface area contributed by atoms with Gasteiger partial charge in [0.1, 0.15) is 0 Å². The minimum absolute atomic E-state index is 0. The SMILES string of the molecule is C=C(C)C(=O)OCO[Si](CCC)(OC)OC.[SiH4]. The quantitative estimate of drug-likeness (QED) is 0.276. The van der Waals surface area contributed by atoms with Crippen molar-refractivity contribution in [3.63, 3.8) is 0 Å². The molecule has 102 valence electrons. The van der Waals surface area contributed by atoms with E-state index in [2.05, 4.69) is 6.58 Å². The van der Waals surface area contributed by atoms with E-state index in [1.807, 2.05) is 6.92 Å². The molecular weight excluding hydrogens is 256 g/mol. The van der Waals surface area contributed by atoms with Crippen molar-refractivity contribution >= 4 is 25.7 Å². The molecule has 0 heterocycles. The molecule has 5 nitrogen and oxygen atoms in total. The Bertz CT molecular complexity index is 241. The smallest absolute Gasteiger partial charge is 0.436 e. The monoisotopic (exact) mass is 280 g/mol. The first-order valence-electron chi connectivity index (χ1n) is 5.08. The lowest BCUT2D eigenvalue weighted by molar-refractivity contribution is -0.147. The van der Waals surface area contributed by atoms with Gasteiger partial charge in [-0.15, -0.1) is 0 Å². The standard InChI is InChI=1S/C10H20O5Si.H4Si/c1-6-7-16(12-4,13-5)15-8-14-10(11)9(2)3;/h2,6-8H2,1,3-5H3;1H4. The molecule has 17 heavy (non-hydrogen) atoms. The summed E-state index contributed by atoms with van der Waals surface area (Å²) < 4.78 is 20.7. The molecular formula is C10H24O5Si2. The van der Waals surface area contributed by atoms with Crippen LogP contribution in [0.5, 0.6) is 0 Å². The van der Waals surface area contributed by atoms with Gasteiger partial charge in [-0.1, -0.05) is 19.9 Å². The maximum absolute atomic E-state index is 11.1. The predicted molar refractivity (Wildman–Crippen MR) is 73.1 cm³/mol. The van der Waals surface area contributed by atoms with Gasteiger partial charge in [0.05, 0.1) is 0 Å². The number of ether oxygens (including phenoxy) is 1. The van der Waals surface area contributed by atoms with Crippen molar-refractivity contribution in [1.29, 1.82) is 0 Å². The topological polar surface area (TPSA) is 54.0 Å². The Hall–Kier alpha value is -0.476. The molecule has 0 radical (unpaired) electrons. The van der Waals surface area contributed by atoms with E-state index in [1.165, 1.54) is 14.2 Å². The Kier molecular flexibility index (Phi) is 10.6. The zero-order valence-corrected chi connectivity index (χ0v) is 11.4. The molecule has 0 bridgehead atoms. The van der Waals surface area contributed by atoms with Crippen molar-refractivity contribution in [2.24, 2.45) is 0 Å². The van der Waals surface area contributed by atoms with Gasteiger partial charge in [-0.3, -0.25) is 0 Å². The van der Waals surface area contributed by atoms with Crippen LogP contribution in [0.25, 0.3) is 0 Å². The van der Waals surface area contributed by atoms with Crippen molar-refractivity contribution < 1.29 is 22.8 Å². The van der Waals surface area contributed by atoms with E-state index in [1.54, 1.807) is 6.92 Å². The predicted octanol–water partition coefficient (Wildman–Crippen LogP) is 0.270. The van der Waals surface area contributed by atoms with Gasteiger partial charge < -0.3 is 18.0 Å². The van der Waals surface area contributed by atoms with Crippen LogP contribution in [-0.2, 0) is 22.8 Å². The summed E-state index contributed by atoms with van der Waals surface area (Å²) in [6, 6.07) is 0.685. The Morgan fingerprint density at radius 2 is 1.82 bits per heavy atom. The third-order valence-corrected chi connectivity index (χ3v) is 4.91. The van der Waals surface area contributed by atoms with Crippen LogP contribution in [0.4, 0.5) is 0 Å². The maximum Gasteiger partial charge on any atom is 0.502 e. The van der Waals surface area contributed by atoms with Crippen molar-refractivity contribution in [2.45, 2.75) is 26.3 Å². The molecule has 0 aliphatic heterocycles. The lowest BCUT2D eigenvalue weighted by Crippen LogP contribution is -2.44. The van der Waals surface area contributed by atoms with Gasteiger partial charge in [-0.25, -0.2) is 4.79 Å². The molecule has 0 spiro atoms. The first-order chi connectivity index (χ1) is 7.51. The fourth-order valence-corrected chi connectivity index (χ4v) is 2.89. The van der Waals surface area contributed by atoms with E-state index < -0.39 is 14.8 Å².